The highest BCUT2D eigenvalue weighted by Crippen LogP contribution is 2.38. The first kappa shape index (κ1) is 18.2. The van der Waals surface area contributed by atoms with Crippen LogP contribution in [0.25, 0.3) is 6.08 Å². The predicted molar refractivity (Wildman–Crippen MR) is 111 cm³/mol. The van der Waals surface area contributed by atoms with Gasteiger partial charge in [0, 0.05) is 56.4 Å². The van der Waals surface area contributed by atoms with Crippen LogP contribution in [0.3, 0.4) is 0 Å². The molecule has 1 aromatic heterocycles. The number of urea groups is 1. The first-order valence-corrected chi connectivity index (χ1v) is 10.5. The molecule has 1 aromatic carbocycles. The molecule has 1 spiro atoms. The summed E-state index contributed by atoms with van der Waals surface area (Å²) < 4.78 is 6.30. The Balaban J connectivity index is 1.09. The molecule has 0 bridgehead atoms. The van der Waals surface area contributed by atoms with Gasteiger partial charge in [-0.05, 0) is 37.0 Å². The molecule has 3 aliphatic rings. The molecule has 1 saturated heterocycles. The van der Waals surface area contributed by atoms with Crippen LogP contribution in [0.2, 0.25) is 0 Å². The molecule has 2 aliphatic heterocycles. The summed E-state index contributed by atoms with van der Waals surface area (Å²) in [6, 6.07) is 8.09. The first-order valence-electron chi connectivity index (χ1n) is 10.5. The largest absolute Gasteiger partial charge is 0.482 e. The zero-order valence-corrected chi connectivity index (χ0v) is 16.5. The second-order valence-corrected chi connectivity index (χ2v) is 8.23. The number of hydrogen-bond donors (Lipinski definition) is 1. The summed E-state index contributed by atoms with van der Waals surface area (Å²) in [5.74, 6) is 2.46. The topological polar surface area (TPSA) is 67.4 Å². The fourth-order valence-electron chi connectivity index (χ4n) is 4.03. The number of nitrogens with zero attached hydrogens (tertiary/aromatic N) is 3. The van der Waals surface area contributed by atoms with Crippen LogP contribution in [0.15, 0.2) is 42.7 Å². The molecule has 6 heteroatoms. The standard InChI is InChI=1S/C23H26N4O2/c28-22(24-12-8-17-15-25-21(26-16-17)19-5-6-19)27-13-10-23(11-14-27)9-7-18-3-1-2-4-20(18)29-23/h1-4,7,9,15-16,19H,5-6,8,10-14H2,(H,24,28). The van der Waals surface area contributed by atoms with Crippen LogP contribution in [0.1, 0.15) is 48.6 Å². The van der Waals surface area contributed by atoms with Gasteiger partial charge in [0.25, 0.3) is 0 Å². The molecule has 2 fully saturated rings. The van der Waals surface area contributed by atoms with Crippen molar-refractivity contribution < 1.29 is 9.53 Å². The second-order valence-electron chi connectivity index (χ2n) is 8.23. The minimum atomic E-state index is -0.286. The van der Waals surface area contributed by atoms with Gasteiger partial charge in [0.05, 0.1) is 0 Å². The van der Waals surface area contributed by atoms with Crippen molar-refractivity contribution in [1.82, 2.24) is 20.2 Å². The van der Waals surface area contributed by atoms with Gasteiger partial charge in [0.2, 0.25) is 0 Å². The lowest BCUT2D eigenvalue weighted by molar-refractivity contribution is 0.0498. The maximum atomic E-state index is 12.5. The number of para-hydroxylation sites is 1. The minimum Gasteiger partial charge on any atom is -0.482 e. The van der Waals surface area contributed by atoms with Gasteiger partial charge in [0.1, 0.15) is 17.2 Å². The number of fused-ring (bicyclic) bond motifs is 1. The normalized spacial score (nSPS) is 19.5. The number of ether oxygens (including phenoxy) is 1. The fraction of sp³-hybridized carbons (Fsp3) is 0.435. The first-order chi connectivity index (χ1) is 14.2. The minimum absolute atomic E-state index is 0.00411. The Kier molecular flexibility index (Phi) is 4.70. The molecular weight excluding hydrogens is 364 g/mol. The Hall–Kier alpha value is -2.89. The fourth-order valence-corrected chi connectivity index (χ4v) is 4.03. The van der Waals surface area contributed by atoms with Crippen molar-refractivity contribution in [2.75, 3.05) is 19.6 Å². The van der Waals surface area contributed by atoms with Gasteiger partial charge in [-0.25, -0.2) is 14.8 Å². The Bertz CT molecular complexity index is 913. The number of carbonyl (C=O) groups is 1. The molecular formula is C23H26N4O2. The maximum absolute atomic E-state index is 12.5. The molecule has 1 N–H and O–H groups in total. The highest BCUT2D eigenvalue weighted by Gasteiger charge is 2.37. The van der Waals surface area contributed by atoms with Crippen molar-refractivity contribution in [3.63, 3.8) is 0 Å². The van der Waals surface area contributed by atoms with Gasteiger partial charge in [-0.2, -0.15) is 0 Å². The number of rotatable bonds is 4. The summed E-state index contributed by atoms with van der Waals surface area (Å²) in [6.45, 7) is 1.98. The van der Waals surface area contributed by atoms with Crippen LogP contribution in [0.4, 0.5) is 4.79 Å². The predicted octanol–water partition coefficient (Wildman–Crippen LogP) is 3.55. The van der Waals surface area contributed by atoms with Crippen LogP contribution >= 0.6 is 0 Å². The molecule has 2 amide bonds. The van der Waals surface area contributed by atoms with Crippen LogP contribution in [-0.4, -0.2) is 46.1 Å². The second kappa shape index (κ2) is 7.50. The average molecular weight is 390 g/mol. The van der Waals surface area contributed by atoms with Crippen molar-refractivity contribution in [2.24, 2.45) is 0 Å². The third-order valence-corrected chi connectivity index (χ3v) is 6.05. The van der Waals surface area contributed by atoms with Crippen LogP contribution in [0.5, 0.6) is 5.75 Å². The van der Waals surface area contributed by atoms with Crippen molar-refractivity contribution in [1.29, 1.82) is 0 Å². The SMILES string of the molecule is O=C(NCCc1cnc(C2CC2)nc1)N1CCC2(C=Cc3ccccc3O2)CC1. The Morgan fingerprint density at radius 1 is 1.17 bits per heavy atom. The van der Waals surface area contributed by atoms with Crippen molar-refractivity contribution in [2.45, 2.75) is 43.6 Å². The maximum Gasteiger partial charge on any atom is 0.317 e. The van der Waals surface area contributed by atoms with E-state index in [9.17, 15) is 4.79 Å². The summed E-state index contributed by atoms with van der Waals surface area (Å²) in [5, 5.41) is 3.03. The molecule has 6 nitrogen and oxygen atoms in total. The number of nitrogens with one attached hydrogen (secondary N) is 1. The number of likely N-dealkylation sites (tertiary alicyclic amines) is 1. The molecule has 0 radical (unpaired) electrons. The summed E-state index contributed by atoms with van der Waals surface area (Å²) >= 11 is 0. The van der Waals surface area contributed by atoms with Crippen molar-refractivity contribution >= 4 is 12.1 Å². The summed E-state index contributed by atoms with van der Waals surface area (Å²) in [6.07, 6.45) is 12.9. The molecule has 3 heterocycles. The Labute approximate surface area is 171 Å². The molecule has 0 unspecified atom stereocenters. The highest BCUT2D eigenvalue weighted by atomic mass is 16.5. The quantitative estimate of drug-likeness (QED) is 0.867. The summed E-state index contributed by atoms with van der Waals surface area (Å²) in [7, 11) is 0. The lowest BCUT2D eigenvalue weighted by Gasteiger charge is -2.41. The summed E-state index contributed by atoms with van der Waals surface area (Å²) in [4.78, 5) is 23.3. The lowest BCUT2D eigenvalue weighted by atomic mass is 9.88. The summed E-state index contributed by atoms with van der Waals surface area (Å²) in [5.41, 5.74) is 1.89. The number of carbonyl (C=O) groups excluding carboxylic acids is 1. The van der Waals surface area contributed by atoms with Gasteiger partial charge in [0.15, 0.2) is 0 Å². The van der Waals surface area contributed by atoms with E-state index in [1.54, 1.807) is 0 Å². The van der Waals surface area contributed by atoms with Gasteiger partial charge in [-0.1, -0.05) is 24.3 Å². The van der Waals surface area contributed by atoms with Gasteiger partial charge in [-0.15, -0.1) is 0 Å². The molecule has 0 atom stereocenters. The number of benzene rings is 1. The van der Waals surface area contributed by atoms with Crippen LogP contribution in [0, 0.1) is 0 Å². The molecule has 2 aromatic rings. The van der Waals surface area contributed by atoms with Crippen molar-refractivity contribution in [3.05, 3.63) is 59.7 Å². The monoisotopic (exact) mass is 390 g/mol. The van der Waals surface area contributed by atoms with E-state index in [1.807, 2.05) is 35.5 Å². The highest BCUT2D eigenvalue weighted by molar-refractivity contribution is 5.74. The van der Waals surface area contributed by atoms with E-state index in [2.05, 4.69) is 33.5 Å². The van der Waals surface area contributed by atoms with E-state index in [-0.39, 0.29) is 11.6 Å². The lowest BCUT2D eigenvalue weighted by Crippen LogP contribution is -2.52. The zero-order chi connectivity index (χ0) is 19.7. The van der Waals surface area contributed by atoms with E-state index >= 15 is 0 Å². The smallest absolute Gasteiger partial charge is 0.317 e. The zero-order valence-electron chi connectivity index (χ0n) is 16.5. The van der Waals surface area contributed by atoms with Crippen LogP contribution < -0.4 is 10.1 Å². The van der Waals surface area contributed by atoms with Gasteiger partial charge >= 0.3 is 6.03 Å². The van der Waals surface area contributed by atoms with Crippen LogP contribution in [-0.2, 0) is 6.42 Å². The third kappa shape index (κ3) is 3.97. The van der Waals surface area contributed by atoms with Crippen molar-refractivity contribution in [3.8, 4) is 5.75 Å². The number of hydrogen-bond acceptors (Lipinski definition) is 4. The molecule has 150 valence electrons. The number of piperidine rings is 1. The Morgan fingerprint density at radius 2 is 1.93 bits per heavy atom. The Morgan fingerprint density at radius 3 is 2.69 bits per heavy atom. The van der Waals surface area contributed by atoms with E-state index in [0.717, 1.165) is 42.0 Å². The molecule has 5 rings (SSSR count). The molecule has 1 saturated carbocycles. The third-order valence-electron chi connectivity index (χ3n) is 6.05. The molecule has 29 heavy (non-hydrogen) atoms. The number of amides is 2. The number of aromatic nitrogens is 2. The van der Waals surface area contributed by atoms with E-state index < -0.39 is 0 Å². The van der Waals surface area contributed by atoms with Gasteiger partial charge in [-0.3, -0.25) is 0 Å². The van der Waals surface area contributed by atoms with E-state index in [0.29, 0.717) is 25.6 Å². The van der Waals surface area contributed by atoms with E-state index in [1.165, 1.54) is 12.8 Å². The molecule has 1 aliphatic carbocycles. The van der Waals surface area contributed by atoms with Gasteiger partial charge < -0.3 is 15.0 Å². The van der Waals surface area contributed by atoms with E-state index in [4.69, 9.17) is 4.74 Å². The average Bonchev–Trinajstić information content (AvgIpc) is 3.60.